The summed E-state index contributed by atoms with van der Waals surface area (Å²) in [6.45, 7) is 4.35. The molecule has 0 aromatic rings. The number of aliphatic hydroxyl groups excluding tert-OH is 2. The zero-order valence-corrected chi connectivity index (χ0v) is 29.9. The second-order valence-corrected chi connectivity index (χ2v) is 13.7. The Morgan fingerprint density at radius 2 is 0.864 bits per heavy atom. The minimum atomic E-state index is -0.656. The fourth-order valence-electron chi connectivity index (χ4n) is 6.18. The highest BCUT2D eigenvalue weighted by Crippen LogP contribution is 2.15. The van der Waals surface area contributed by atoms with Crippen molar-refractivity contribution in [1.29, 1.82) is 0 Å². The summed E-state index contributed by atoms with van der Waals surface area (Å²) < 4.78 is 0. The molecule has 1 amide bonds. The van der Waals surface area contributed by atoms with Gasteiger partial charge in [-0.1, -0.05) is 187 Å². The lowest BCUT2D eigenvalue weighted by Gasteiger charge is -2.22. The Morgan fingerprint density at radius 3 is 1.25 bits per heavy atom. The maximum absolute atomic E-state index is 12.3. The van der Waals surface area contributed by atoms with E-state index in [-0.39, 0.29) is 12.5 Å². The van der Waals surface area contributed by atoms with E-state index < -0.39 is 12.1 Å². The van der Waals surface area contributed by atoms with Crippen molar-refractivity contribution >= 4 is 5.91 Å². The Morgan fingerprint density at radius 1 is 0.523 bits per heavy atom. The quantitative estimate of drug-likeness (QED) is 0.0481. The Hall–Kier alpha value is -0.870. The van der Waals surface area contributed by atoms with E-state index in [4.69, 9.17) is 0 Å². The normalized spacial score (nSPS) is 13.1. The molecule has 0 rings (SSSR count). The van der Waals surface area contributed by atoms with Gasteiger partial charge in [0, 0.05) is 6.42 Å². The lowest BCUT2D eigenvalue weighted by atomic mass is 10.0. The zero-order chi connectivity index (χ0) is 32.2. The van der Waals surface area contributed by atoms with E-state index in [1.165, 1.54) is 167 Å². The van der Waals surface area contributed by atoms with Crippen LogP contribution in [0.1, 0.15) is 219 Å². The third-order valence-corrected chi connectivity index (χ3v) is 9.28. The first-order valence-corrected chi connectivity index (χ1v) is 19.9. The summed E-state index contributed by atoms with van der Waals surface area (Å²) in [6.07, 6.45) is 44.1. The van der Waals surface area contributed by atoms with E-state index in [9.17, 15) is 15.0 Å². The molecule has 44 heavy (non-hydrogen) atoms. The number of aliphatic hydroxyl groups is 2. The minimum absolute atomic E-state index is 0.0352. The molecule has 0 aromatic carbocycles. The van der Waals surface area contributed by atoms with Crippen molar-refractivity contribution < 1.29 is 15.0 Å². The van der Waals surface area contributed by atoms with Gasteiger partial charge < -0.3 is 15.5 Å². The van der Waals surface area contributed by atoms with E-state index in [0.717, 1.165) is 25.7 Å². The van der Waals surface area contributed by atoms with E-state index in [1.807, 2.05) is 0 Å². The number of hydrogen-bond acceptors (Lipinski definition) is 3. The SMILES string of the molecule is CCCCCCCCCCC/C=C\CCCCCCCCCC(=O)NC(CO)C(O)CCCCCCCCCCCCCC. The highest BCUT2D eigenvalue weighted by atomic mass is 16.3. The summed E-state index contributed by atoms with van der Waals surface area (Å²) in [5.74, 6) is -0.0352. The van der Waals surface area contributed by atoms with Crippen molar-refractivity contribution in [2.24, 2.45) is 0 Å². The molecule has 0 aliphatic carbocycles. The van der Waals surface area contributed by atoms with E-state index in [0.29, 0.717) is 12.8 Å². The summed E-state index contributed by atoms with van der Waals surface area (Å²) in [4.78, 5) is 12.3. The van der Waals surface area contributed by atoms with Gasteiger partial charge in [0.2, 0.25) is 5.91 Å². The monoisotopic (exact) mass is 622 g/mol. The average molecular weight is 622 g/mol. The number of carbonyl (C=O) groups is 1. The molecule has 2 atom stereocenters. The Labute approximate surface area is 276 Å². The fraction of sp³-hybridized carbons (Fsp3) is 0.925. The molecule has 0 aliphatic rings. The molecule has 2 unspecified atom stereocenters. The number of carbonyl (C=O) groups excluding carboxylic acids is 1. The van der Waals surface area contributed by atoms with Gasteiger partial charge in [0.1, 0.15) is 0 Å². The minimum Gasteiger partial charge on any atom is -0.394 e. The van der Waals surface area contributed by atoms with Crippen LogP contribution in [0.2, 0.25) is 0 Å². The highest BCUT2D eigenvalue weighted by molar-refractivity contribution is 5.76. The summed E-state index contributed by atoms with van der Waals surface area (Å²) in [5, 5.41) is 23.1. The van der Waals surface area contributed by atoms with Gasteiger partial charge in [-0.05, 0) is 38.5 Å². The van der Waals surface area contributed by atoms with Crippen molar-refractivity contribution in [1.82, 2.24) is 5.32 Å². The van der Waals surface area contributed by atoms with Gasteiger partial charge in [0.05, 0.1) is 18.8 Å². The Bertz CT molecular complexity index is 593. The molecule has 4 heteroatoms. The smallest absolute Gasteiger partial charge is 0.220 e. The average Bonchev–Trinajstić information content (AvgIpc) is 3.03. The zero-order valence-electron chi connectivity index (χ0n) is 29.9. The van der Waals surface area contributed by atoms with Crippen LogP contribution < -0.4 is 5.32 Å². The van der Waals surface area contributed by atoms with Gasteiger partial charge in [-0.2, -0.15) is 0 Å². The van der Waals surface area contributed by atoms with E-state index >= 15 is 0 Å². The van der Waals surface area contributed by atoms with Crippen LogP contribution in [-0.2, 0) is 4.79 Å². The maximum atomic E-state index is 12.3. The van der Waals surface area contributed by atoms with Gasteiger partial charge in [0.25, 0.3) is 0 Å². The highest BCUT2D eigenvalue weighted by Gasteiger charge is 2.19. The van der Waals surface area contributed by atoms with Crippen molar-refractivity contribution in [3.63, 3.8) is 0 Å². The van der Waals surface area contributed by atoms with Crippen LogP contribution in [0.4, 0.5) is 0 Å². The molecule has 3 N–H and O–H groups in total. The lowest BCUT2D eigenvalue weighted by molar-refractivity contribution is -0.123. The molecular weight excluding hydrogens is 542 g/mol. The molecule has 0 spiro atoms. The number of allylic oxidation sites excluding steroid dienone is 2. The van der Waals surface area contributed by atoms with Crippen LogP contribution >= 0.6 is 0 Å². The molecule has 0 radical (unpaired) electrons. The van der Waals surface area contributed by atoms with Crippen molar-refractivity contribution in [2.75, 3.05) is 6.61 Å². The second kappa shape index (κ2) is 36.6. The molecule has 0 aliphatic heterocycles. The largest absolute Gasteiger partial charge is 0.394 e. The van der Waals surface area contributed by atoms with Gasteiger partial charge >= 0.3 is 0 Å². The fourth-order valence-corrected chi connectivity index (χ4v) is 6.18. The first-order chi connectivity index (χ1) is 21.7. The number of rotatable bonds is 36. The lowest BCUT2D eigenvalue weighted by Crippen LogP contribution is -2.45. The van der Waals surface area contributed by atoms with Crippen LogP contribution in [-0.4, -0.2) is 34.9 Å². The van der Waals surface area contributed by atoms with Crippen LogP contribution in [0, 0.1) is 0 Å². The predicted octanol–water partition coefficient (Wildman–Crippen LogP) is 11.9. The Balaban J connectivity index is 3.52. The van der Waals surface area contributed by atoms with Gasteiger partial charge in [-0.25, -0.2) is 0 Å². The second-order valence-electron chi connectivity index (χ2n) is 13.7. The number of nitrogens with one attached hydrogen (secondary N) is 1. The van der Waals surface area contributed by atoms with Crippen molar-refractivity contribution in [3.8, 4) is 0 Å². The van der Waals surface area contributed by atoms with Gasteiger partial charge in [0.15, 0.2) is 0 Å². The molecular formula is C40H79NO3. The van der Waals surface area contributed by atoms with Crippen LogP contribution in [0.5, 0.6) is 0 Å². The summed E-state index contributed by atoms with van der Waals surface area (Å²) >= 11 is 0. The predicted molar refractivity (Wildman–Crippen MR) is 193 cm³/mol. The maximum Gasteiger partial charge on any atom is 0.220 e. The topological polar surface area (TPSA) is 69.6 Å². The van der Waals surface area contributed by atoms with Crippen LogP contribution in [0.25, 0.3) is 0 Å². The Kier molecular flexibility index (Phi) is 35.9. The van der Waals surface area contributed by atoms with Crippen LogP contribution in [0.3, 0.4) is 0 Å². The van der Waals surface area contributed by atoms with E-state index in [1.54, 1.807) is 0 Å². The summed E-state index contributed by atoms with van der Waals surface area (Å²) in [7, 11) is 0. The van der Waals surface area contributed by atoms with Gasteiger partial charge in [-0.3, -0.25) is 4.79 Å². The number of amides is 1. The first kappa shape index (κ1) is 43.1. The molecule has 262 valence electrons. The third-order valence-electron chi connectivity index (χ3n) is 9.28. The third kappa shape index (κ3) is 32.5. The molecule has 0 saturated heterocycles. The van der Waals surface area contributed by atoms with Crippen molar-refractivity contribution in [2.45, 2.75) is 231 Å². The summed E-state index contributed by atoms with van der Waals surface area (Å²) in [5.41, 5.74) is 0. The van der Waals surface area contributed by atoms with Crippen molar-refractivity contribution in [3.05, 3.63) is 12.2 Å². The standard InChI is InChI=1S/C40H79NO3/c1-3-5-7-9-11-13-15-17-18-19-20-21-22-23-24-26-28-30-32-34-36-40(44)41-38(37-42)39(43)35-33-31-29-27-25-16-14-12-10-8-6-4-2/h20-21,38-39,42-43H,3-19,22-37H2,1-2H3,(H,41,44)/b21-20-. The van der Waals surface area contributed by atoms with E-state index in [2.05, 4.69) is 31.3 Å². The first-order valence-electron chi connectivity index (χ1n) is 19.9. The molecule has 0 saturated carbocycles. The molecule has 4 nitrogen and oxygen atoms in total. The molecule has 0 aromatic heterocycles. The molecule has 0 bridgehead atoms. The molecule has 0 heterocycles. The number of hydrogen-bond donors (Lipinski definition) is 3. The van der Waals surface area contributed by atoms with Gasteiger partial charge in [-0.15, -0.1) is 0 Å². The summed E-state index contributed by atoms with van der Waals surface area (Å²) in [6, 6.07) is -0.533. The molecule has 0 fully saturated rings. The van der Waals surface area contributed by atoms with Crippen LogP contribution in [0.15, 0.2) is 12.2 Å². The number of unbranched alkanes of at least 4 members (excludes halogenated alkanes) is 27.